The third-order valence-electron chi connectivity index (χ3n) is 7.67. The van der Waals surface area contributed by atoms with Crippen LogP contribution in [0.25, 0.3) is 21.9 Å². The molecule has 0 aliphatic carbocycles. The van der Waals surface area contributed by atoms with Crippen molar-refractivity contribution in [2.45, 2.75) is 78.6 Å². The number of fused-ring (bicyclic) bond motifs is 2. The second-order valence-corrected chi connectivity index (χ2v) is 13.9. The molecule has 5 rings (SSSR count). The summed E-state index contributed by atoms with van der Waals surface area (Å²) in [6.07, 6.45) is 0.647. The maximum absolute atomic E-state index is 16.6. The van der Waals surface area contributed by atoms with Gasteiger partial charge in [0.05, 0.1) is 18.8 Å². The average Bonchev–Trinajstić information content (AvgIpc) is 2.98. The number of anilines is 3. The van der Waals surface area contributed by atoms with E-state index >= 15 is 4.39 Å². The van der Waals surface area contributed by atoms with Crippen molar-refractivity contribution in [1.29, 1.82) is 0 Å². The molecule has 0 spiro atoms. The molecule has 0 saturated carbocycles. The summed E-state index contributed by atoms with van der Waals surface area (Å²) in [6, 6.07) is 3.04. The van der Waals surface area contributed by atoms with Gasteiger partial charge in [0.25, 0.3) is 0 Å². The smallest absolute Gasteiger partial charge is 0.415 e. The number of nitrogens with zero attached hydrogens (tertiary/aromatic N) is 4. The first-order valence-electron chi connectivity index (χ1n) is 15.9. The van der Waals surface area contributed by atoms with Crippen molar-refractivity contribution in [2.24, 2.45) is 0 Å². The summed E-state index contributed by atoms with van der Waals surface area (Å²) in [7, 11) is 1.64. The quantitative estimate of drug-likeness (QED) is 0.295. The van der Waals surface area contributed by atoms with E-state index in [1.165, 1.54) is 34.3 Å². The fourth-order valence-electron chi connectivity index (χ4n) is 5.53. The van der Waals surface area contributed by atoms with Gasteiger partial charge in [0.15, 0.2) is 5.82 Å². The van der Waals surface area contributed by atoms with Crippen molar-refractivity contribution in [2.75, 3.05) is 42.3 Å². The van der Waals surface area contributed by atoms with Gasteiger partial charge in [-0.2, -0.15) is 0 Å². The van der Waals surface area contributed by atoms with Gasteiger partial charge < -0.3 is 23.8 Å². The molecule has 2 N–H and O–H groups in total. The van der Waals surface area contributed by atoms with Crippen LogP contribution >= 0.6 is 0 Å². The molecule has 14 nitrogen and oxygen atoms in total. The molecule has 4 amide bonds. The SMILES string of the molecule is Cc1c(-c2cc3cc(NC(=O)OC4CCC(=O)N(C)C4)ncc3c(NC(=O)OC(C)(C)C)c2F)cnc2c1N(C(=O)OC(C)(C)C)CCO2. The predicted octanol–water partition coefficient (Wildman–Crippen LogP) is 6.39. The van der Waals surface area contributed by atoms with E-state index in [0.29, 0.717) is 28.6 Å². The molecule has 1 unspecified atom stereocenters. The predicted molar refractivity (Wildman–Crippen MR) is 179 cm³/mol. The minimum Gasteiger partial charge on any atom is -0.474 e. The van der Waals surface area contributed by atoms with Gasteiger partial charge in [-0.05, 0) is 78.0 Å². The second kappa shape index (κ2) is 13.4. The van der Waals surface area contributed by atoms with Crippen molar-refractivity contribution >= 4 is 52.2 Å². The number of pyridine rings is 2. The van der Waals surface area contributed by atoms with Crippen molar-refractivity contribution in [3.63, 3.8) is 0 Å². The number of ether oxygens (including phenoxy) is 4. The van der Waals surface area contributed by atoms with Gasteiger partial charge in [-0.1, -0.05) is 0 Å². The number of amides is 4. The first kappa shape index (κ1) is 35.1. The maximum Gasteiger partial charge on any atom is 0.415 e. The summed E-state index contributed by atoms with van der Waals surface area (Å²) in [6.45, 7) is 12.7. The number of likely N-dealkylation sites (tertiary alicyclic amines) is 1. The zero-order chi connectivity index (χ0) is 35.8. The second-order valence-electron chi connectivity index (χ2n) is 13.9. The largest absolute Gasteiger partial charge is 0.474 e. The van der Waals surface area contributed by atoms with E-state index in [2.05, 4.69) is 20.6 Å². The van der Waals surface area contributed by atoms with Crippen LogP contribution in [-0.2, 0) is 19.0 Å². The number of benzene rings is 1. The fraction of sp³-hybridized carbons (Fsp3) is 0.471. The van der Waals surface area contributed by atoms with E-state index in [1.54, 1.807) is 55.5 Å². The third-order valence-corrected chi connectivity index (χ3v) is 7.67. The minimum absolute atomic E-state index is 0.0234. The normalized spacial score (nSPS) is 16.4. The van der Waals surface area contributed by atoms with Crippen LogP contribution in [0.3, 0.4) is 0 Å². The summed E-state index contributed by atoms with van der Waals surface area (Å²) >= 11 is 0. The topological polar surface area (TPSA) is 162 Å². The highest BCUT2D eigenvalue weighted by Crippen LogP contribution is 2.42. The molecular weight excluding hydrogens is 639 g/mol. The van der Waals surface area contributed by atoms with Gasteiger partial charge >= 0.3 is 18.3 Å². The Bertz CT molecular complexity index is 1820. The number of nitrogens with one attached hydrogen (secondary N) is 2. The van der Waals surface area contributed by atoms with E-state index < -0.39 is 41.4 Å². The molecule has 0 bridgehead atoms. The molecule has 2 aromatic heterocycles. The molecule has 1 atom stereocenters. The Morgan fingerprint density at radius 2 is 1.69 bits per heavy atom. The molecule has 1 aromatic carbocycles. The van der Waals surface area contributed by atoms with E-state index in [4.69, 9.17) is 18.9 Å². The summed E-state index contributed by atoms with van der Waals surface area (Å²) < 4.78 is 38.9. The first-order chi connectivity index (χ1) is 22.9. The van der Waals surface area contributed by atoms with Crippen LogP contribution in [0.15, 0.2) is 24.5 Å². The van der Waals surface area contributed by atoms with Gasteiger partial charge in [-0.3, -0.25) is 20.3 Å². The van der Waals surface area contributed by atoms with Crippen LogP contribution in [-0.4, -0.2) is 83.1 Å². The van der Waals surface area contributed by atoms with Crippen LogP contribution in [0.4, 0.5) is 36.0 Å². The summed E-state index contributed by atoms with van der Waals surface area (Å²) in [5.74, 6) is -0.538. The van der Waals surface area contributed by atoms with Gasteiger partial charge in [0.2, 0.25) is 11.8 Å². The lowest BCUT2D eigenvalue weighted by molar-refractivity contribution is -0.134. The average molecular weight is 681 g/mol. The molecule has 15 heteroatoms. The number of aromatic nitrogens is 2. The maximum atomic E-state index is 16.6. The van der Waals surface area contributed by atoms with Gasteiger partial charge in [0, 0.05) is 42.4 Å². The highest BCUT2D eigenvalue weighted by molar-refractivity contribution is 6.05. The van der Waals surface area contributed by atoms with Crippen LogP contribution < -0.4 is 20.3 Å². The first-order valence-corrected chi connectivity index (χ1v) is 15.9. The Balaban J connectivity index is 1.56. The number of carbonyl (C=O) groups is 4. The number of hydrogen-bond donors (Lipinski definition) is 2. The number of likely N-dealkylation sites (N-methyl/N-ethyl adjacent to an activating group) is 1. The molecule has 1 fully saturated rings. The van der Waals surface area contributed by atoms with Crippen molar-refractivity contribution in [3.05, 3.63) is 35.9 Å². The molecule has 2 aliphatic rings. The monoisotopic (exact) mass is 680 g/mol. The summed E-state index contributed by atoms with van der Waals surface area (Å²) in [4.78, 5) is 62.3. The molecular formula is C34H41FN6O8. The number of rotatable bonds is 4. The number of carbonyl (C=O) groups excluding carboxylic acids is 4. The third kappa shape index (κ3) is 8.09. The van der Waals surface area contributed by atoms with Crippen LogP contribution in [0.2, 0.25) is 0 Å². The van der Waals surface area contributed by atoms with E-state index in [0.717, 1.165) is 0 Å². The number of hydrogen-bond acceptors (Lipinski definition) is 10. The number of piperidine rings is 1. The Morgan fingerprint density at radius 3 is 2.37 bits per heavy atom. The summed E-state index contributed by atoms with van der Waals surface area (Å²) in [5.41, 5.74) is -0.691. The van der Waals surface area contributed by atoms with Crippen LogP contribution in [0.5, 0.6) is 5.88 Å². The van der Waals surface area contributed by atoms with Crippen molar-refractivity contribution in [3.8, 4) is 17.0 Å². The highest BCUT2D eigenvalue weighted by atomic mass is 19.1. The van der Waals surface area contributed by atoms with Crippen LogP contribution in [0, 0.1) is 12.7 Å². The van der Waals surface area contributed by atoms with Crippen molar-refractivity contribution < 1.29 is 42.5 Å². The van der Waals surface area contributed by atoms with Gasteiger partial charge in [-0.15, -0.1) is 0 Å². The Labute approximate surface area is 283 Å². The lowest BCUT2D eigenvalue weighted by Crippen LogP contribution is -2.42. The zero-order valence-electron chi connectivity index (χ0n) is 28.9. The van der Waals surface area contributed by atoms with Gasteiger partial charge in [0.1, 0.15) is 35.4 Å². The molecule has 1 saturated heterocycles. The molecule has 262 valence electrons. The molecule has 4 heterocycles. The highest BCUT2D eigenvalue weighted by Gasteiger charge is 2.33. The minimum atomic E-state index is -0.892. The fourth-order valence-corrected chi connectivity index (χ4v) is 5.53. The summed E-state index contributed by atoms with van der Waals surface area (Å²) in [5, 5.41) is 5.74. The van der Waals surface area contributed by atoms with E-state index in [1.807, 2.05) is 0 Å². The van der Waals surface area contributed by atoms with E-state index in [9.17, 15) is 19.2 Å². The zero-order valence-corrected chi connectivity index (χ0v) is 28.9. The van der Waals surface area contributed by atoms with Crippen molar-refractivity contribution in [1.82, 2.24) is 14.9 Å². The van der Waals surface area contributed by atoms with Gasteiger partial charge in [-0.25, -0.2) is 28.7 Å². The molecule has 49 heavy (non-hydrogen) atoms. The lowest BCUT2D eigenvalue weighted by atomic mass is 9.96. The standard InChI is InChI=1S/C34H41FN6O8/c1-18-22(15-37-29-28(18)41(11-12-46-29)32(45)49-34(5,6)7)21-13-19-14-24(38-30(43)47-20-9-10-25(42)40(8)17-20)36-16-23(19)27(26(21)35)39-31(44)48-33(2,3)4/h13-16,20H,9-12,17H2,1-8H3,(H,39,44)(H,36,38,43). The molecule has 2 aliphatic heterocycles. The Hall–Kier alpha value is -5.21. The Kier molecular flexibility index (Phi) is 9.57. The molecule has 3 aromatic rings. The Morgan fingerprint density at radius 1 is 0.980 bits per heavy atom. The molecule has 0 radical (unpaired) electrons. The van der Waals surface area contributed by atoms with E-state index in [-0.39, 0.29) is 60.4 Å². The van der Waals surface area contributed by atoms with Crippen LogP contribution in [0.1, 0.15) is 59.9 Å². The lowest BCUT2D eigenvalue weighted by Gasteiger charge is -2.32. The number of halogens is 1.